The molecule has 3 heterocycles. The molecule has 166 valence electrons. The average Bonchev–Trinajstić information content (AvgIpc) is 3.49. The highest BCUT2D eigenvalue weighted by Crippen LogP contribution is 2.33. The van der Waals surface area contributed by atoms with Crippen molar-refractivity contribution < 1.29 is 13.6 Å². The van der Waals surface area contributed by atoms with Crippen molar-refractivity contribution in [1.29, 1.82) is 5.26 Å². The zero-order valence-electron chi connectivity index (χ0n) is 18.2. The Morgan fingerprint density at radius 1 is 1.28 bits per heavy atom. The van der Waals surface area contributed by atoms with Crippen LogP contribution in [0.15, 0.2) is 39.4 Å². The van der Waals surface area contributed by atoms with Crippen LogP contribution in [0, 0.1) is 17.2 Å². The van der Waals surface area contributed by atoms with E-state index in [-0.39, 0.29) is 23.4 Å². The number of halogens is 1. The fourth-order valence-corrected chi connectivity index (χ4v) is 4.43. The minimum atomic E-state index is -0.127. The van der Waals surface area contributed by atoms with Gasteiger partial charge in [-0.25, -0.2) is 0 Å². The monoisotopic (exact) mass is 452 g/mol. The summed E-state index contributed by atoms with van der Waals surface area (Å²) in [7, 11) is 0. The number of anilines is 2. The maximum absolute atomic E-state index is 13.1. The van der Waals surface area contributed by atoms with E-state index in [4.69, 9.17) is 20.4 Å². The predicted octanol–water partition coefficient (Wildman–Crippen LogP) is 5.44. The number of rotatable bonds is 6. The smallest absolute Gasteiger partial charge is 0.266 e. The molecule has 1 N–H and O–H groups in total. The van der Waals surface area contributed by atoms with E-state index >= 15 is 0 Å². The van der Waals surface area contributed by atoms with Crippen LogP contribution in [0.3, 0.4) is 0 Å². The van der Waals surface area contributed by atoms with Crippen LogP contribution in [0.25, 0.3) is 11.7 Å². The molecule has 0 spiro atoms. The zero-order chi connectivity index (χ0) is 22.7. The third-order valence-electron chi connectivity index (χ3n) is 5.92. The largest absolute Gasteiger partial charge is 0.459 e. The van der Waals surface area contributed by atoms with Gasteiger partial charge in [0.2, 0.25) is 17.5 Å². The Hall–Kier alpha value is -3.24. The van der Waals surface area contributed by atoms with Crippen molar-refractivity contribution in [3.8, 4) is 17.7 Å². The van der Waals surface area contributed by atoms with Gasteiger partial charge in [-0.1, -0.05) is 31.5 Å². The van der Waals surface area contributed by atoms with Crippen LogP contribution in [0.4, 0.5) is 11.6 Å². The number of piperidine rings is 1. The van der Waals surface area contributed by atoms with Crippen molar-refractivity contribution in [1.82, 2.24) is 4.98 Å². The summed E-state index contributed by atoms with van der Waals surface area (Å²) in [6, 6.07) is 9.44. The second-order valence-corrected chi connectivity index (χ2v) is 8.19. The number of carbonyl (C=O) groups is 1. The van der Waals surface area contributed by atoms with E-state index in [9.17, 15) is 10.1 Å². The molecule has 7 nitrogen and oxygen atoms in total. The van der Waals surface area contributed by atoms with E-state index in [1.807, 2.05) is 24.0 Å². The molecule has 4 rings (SSSR count). The Bertz CT molecular complexity index is 1140. The quantitative estimate of drug-likeness (QED) is 0.535. The molecule has 32 heavy (non-hydrogen) atoms. The number of carbonyl (C=O) groups excluding carboxylic acids is 1. The first-order valence-electron chi connectivity index (χ1n) is 10.9. The van der Waals surface area contributed by atoms with Crippen LogP contribution in [0.5, 0.6) is 0 Å². The molecule has 8 heteroatoms. The fourth-order valence-electron chi connectivity index (χ4n) is 4.14. The van der Waals surface area contributed by atoms with Crippen LogP contribution >= 0.6 is 11.6 Å². The summed E-state index contributed by atoms with van der Waals surface area (Å²) in [5.41, 5.74) is 3.13. The number of amides is 1. The summed E-state index contributed by atoms with van der Waals surface area (Å²) in [6.07, 6.45) is 4.40. The molecule has 0 atom stereocenters. The maximum Gasteiger partial charge on any atom is 0.266 e. The van der Waals surface area contributed by atoms with Gasteiger partial charge in [0, 0.05) is 29.7 Å². The molecule has 3 aromatic rings. The first-order valence-corrected chi connectivity index (χ1v) is 11.2. The van der Waals surface area contributed by atoms with Crippen molar-refractivity contribution in [2.75, 3.05) is 23.3 Å². The van der Waals surface area contributed by atoms with Gasteiger partial charge in [-0.3, -0.25) is 4.79 Å². The molecular weight excluding hydrogens is 428 g/mol. The normalized spacial score (nSPS) is 14.4. The standard InChI is InChI=1S/C24H25ClN4O3/c1-3-15-7-8-18(25)17(4-2)21(15)28-22(30)16-9-11-29(12-10-16)24-19(14-26)27-23(32-24)20-6-5-13-31-20/h5-8,13,16H,3-4,9-12H2,1-2H3,(H,28,30). The van der Waals surface area contributed by atoms with E-state index in [1.165, 1.54) is 6.26 Å². The van der Waals surface area contributed by atoms with Gasteiger partial charge in [-0.15, -0.1) is 0 Å². The Labute approximate surface area is 192 Å². The van der Waals surface area contributed by atoms with Gasteiger partial charge in [-0.05, 0) is 55.0 Å². The summed E-state index contributed by atoms with van der Waals surface area (Å²) < 4.78 is 11.2. The van der Waals surface area contributed by atoms with E-state index < -0.39 is 0 Å². The van der Waals surface area contributed by atoms with Gasteiger partial charge >= 0.3 is 0 Å². The third kappa shape index (κ3) is 4.23. The van der Waals surface area contributed by atoms with Crippen LogP contribution < -0.4 is 10.2 Å². The first kappa shape index (κ1) is 22.0. The van der Waals surface area contributed by atoms with Gasteiger partial charge in [0.1, 0.15) is 6.07 Å². The average molecular weight is 453 g/mol. The van der Waals surface area contributed by atoms with Gasteiger partial charge in [-0.2, -0.15) is 10.2 Å². The second-order valence-electron chi connectivity index (χ2n) is 7.78. The molecule has 0 unspecified atom stereocenters. The van der Waals surface area contributed by atoms with E-state index in [0.29, 0.717) is 42.6 Å². The Balaban J connectivity index is 1.46. The molecule has 0 bridgehead atoms. The number of aryl methyl sites for hydroxylation is 1. The van der Waals surface area contributed by atoms with E-state index in [2.05, 4.69) is 23.3 Å². The maximum atomic E-state index is 13.1. The molecule has 1 aromatic carbocycles. The second kappa shape index (κ2) is 9.49. The predicted molar refractivity (Wildman–Crippen MR) is 123 cm³/mol. The SMILES string of the molecule is CCc1ccc(Cl)c(CC)c1NC(=O)C1CCN(c2oc(-c3ccco3)nc2C#N)CC1. The number of nitrogens with one attached hydrogen (secondary N) is 1. The van der Waals surface area contributed by atoms with Crippen LogP contribution in [-0.4, -0.2) is 24.0 Å². The summed E-state index contributed by atoms with van der Waals surface area (Å²) in [4.78, 5) is 19.3. The number of oxazole rings is 1. The van der Waals surface area contributed by atoms with Gasteiger partial charge in [0.15, 0.2) is 5.76 Å². The summed E-state index contributed by atoms with van der Waals surface area (Å²) in [5, 5.41) is 13.3. The lowest BCUT2D eigenvalue weighted by Crippen LogP contribution is -2.38. The lowest BCUT2D eigenvalue weighted by Gasteiger charge is -2.31. The lowest BCUT2D eigenvalue weighted by molar-refractivity contribution is -0.120. The number of hydrogen-bond acceptors (Lipinski definition) is 6. The van der Waals surface area contributed by atoms with Crippen molar-refractivity contribution in [3.05, 3.63) is 52.4 Å². The molecular formula is C24H25ClN4O3. The highest BCUT2D eigenvalue weighted by atomic mass is 35.5. The number of furan rings is 1. The molecule has 0 radical (unpaired) electrons. The highest BCUT2D eigenvalue weighted by molar-refractivity contribution is 6.32. The molecule has 1 amide bonds. The zero-order valence-corrected chi connectivity index (χ0v) is 18.9. The molecule has 1 aliphatic rings. The highest BCUT2D eigenvalue weighted by Gasteiger charge is 2.30. The summed E-state index contributed by atoms with van der Waals surface area (Å²) in [6.45, 7) is 5.29. The first-order chi connectivity index (χ1) is 15.5. The molecule has 0 aliphatic carbocycles. The van der Waals surface area contributed by atoms with Crippen molar-refractivity contribution in [2.24, 2.45) is 5.92 Å². The van der Waals surface area contributed by atoms with Crippen LogP contribution in [0.2, 0.25) is 5.02 Å². The topological polar surface area (TPSA) is 95.3 Å². The minimum absolute atomic E-state index is 0.00525. The number of nitrogens with zero attached hydrogens (tertiary/aromatic N) is 3. The van der Waals surface area contributed by atoms with E-state index in [0.717, 1.165) is 29.7 Å². The summed E-state index contributed by atoms with van der Waals surface area (Å²) >= 11 is 6.37. The Kier molecular flexibility index (Phi) is 6.52. The van der Waals surface area contributed by atoms with Crippen molar-refractivity contribution in [3.63, 3.8) is 0 Å². The number of aromatic nitrogens is 1. The Morgan fingerprint density at radius 2 is 2.06 bits per heavy atom. The van der Waals surface area contributed by atoms with Gasteiger partial charge < -0.3 is 19.1 Å². The summed E-state index contributed by atoms with van der Waals surface area (Å²) in [5.74, 6) is 1.06. The third-order valence-corrected chi connectivity index (χ3v) is 6.28. The Morgan fingerprint density at radius 3 is 2.69 bits per heavy atom. The van der Waals surface area contributed by atoms with Crippen LogP contribution in [-0.2, 0) is 17.6 Å². The number of hydrogen-bond donors (Lipinski definition) is 1. The van der Waals surface area contributed by atoms with Crippen molar-refractivity contribution in [2.45, 2.75) is 39.5 Å². The molecule has 1 fully saturated rings. The number of nitriles is 1. The number of benzene rings is 1. The van der Waals surface area contributed by atoms with E-state index in [1.54, 1.807) is 12.1 Å². The van der Waals surface area contributed by atoms with Crippen LogP contribution in [0.1, 0.15) is 43.5 Å². The molecule has 2 aromatic heterocycles. The lowest BCUT2D eigenvalue weighted by atomic mass is 9.95. The van der Waals surface area contributed by atoms with Crippen molar-refractivity contribution >= 4 is 29.1 Å². The van der Waals surface area contributed by atoms with Gasteiger partial charge in [0.05, 0.1) is 6.26 Å². The molecule has 1 aliphatic heterocycles. The van der Waals surface area contributed by atoms with Gasteiger partial charge in [0.25, 0.3) is 5.89 Å². The molecule has 0 saturated carbocycles. The molecule has 1 saturated heterocycles. The minimum Gasteiger partial charge on any atom is -0.459 e. The fraction of sp³-hybridized carbons (Fsp3) is 0.375.